The van der Waals surface area contributed by atoms with Crippen molar-refractivity contribution >= 4 is 17.9 Å². The summed E-state index contributed by atoms with van der Waals surface area (Å²) in [7, 11) is 0. The van der Waals surface area contributed by atoms with Gasteiger partial charge < -0.3 is 14.2 Å². The van der Waals surface area contributed by atoms with Crippen molar-refractivity contribution in [1.29, 1.82) is 0 Å². The molecule has 0 N–H and O–H groups in total. The summed E-state index contributed by atoms with van der Waals surface area (Å²) in [6.45, 7) is 6.36. The molecular formula is C67H110O6. The van der Waals surface area contributed by atoms with Gasteiger partial charge >= 0.3 is 17.9 Å². The molecule has 0 aromatic heterocycles. The Morgan fingerprint density at radius 1 is 0.288 bits per heavy atom. The van der Waals surface area contributed by atoms with E-state index in [4.69, 9.17) is 14.2 Å². The van der Waals surface area contributed by atoms with Crippen molar-refractivity contribution in [2.45, 2.75) is 271 Å². The van der Waals surface area contributed by atoms with Crippen LogP contribution in [0.2, 0.25) is 0 Å². The fourth-order valence-electron chi connectivity index (χ4n) is 7.98. The molecule has 0 saturated carbocycles. The summed E-state index contributed by atoms with van der Waals surface area (Å²) < 4.78 is 16.9. The van der Waals surface area contributed by atoms with Crippen LogP contribution in [0.15, 0.2) is 122 Å². The molecule has 414 valence electrons. The highest BCUT2D eigenvalue weighted by molar-refractivity contribution is 5.71. The van der Waals surface area contributed by atoms with Crippen molar-refractivity contribution in [3.8, 4) is 0 Å². The lowest BCUT2D eigenvalue weighted by molar-refractivity contribution is -0.167. The molecule has 0 aliphatic rings. The van der Waals surface area contributed by atoms with Gasteiger partial charge in [-0.25, -0.2) is 0 Å². The number of carbonyl (C=O) groups is 3. The molecule has 0 rings (SSSR count). The van der Waals surface area contributed by atoms with Crippen LogP contribution in [-0.2, 0) is 28.6 Å². The van der Waals surface area contributed by atoms with E-state index in [1.54, 1.807) is 0 Å². The molecule has 0 aliphatic carbocycles. The molecule has 0 fully saturated rings. The quantitative estimate of drug-likeness (QED) is 0.0261. The van der Waals surface area contributed by atoms with E-state index in [0.717, 1.165) is 148 Å². The fourth-order valence-corrected chi connectivity index (χ4v) is 7.98. The Kier molecular flexibility index (Phi) is 56.9. The van der Waals surface area contributed by atoms with E-state index in [1.165, 1.54) is 77.0 Å². The van der Waals surface area contributed by atoms with E-state index in [2.05, 4.69) is 142 Å². The highest BCUT2D eigenvalue weighted by Crippen LogP contribution is 2.14. The van der Waals surface area contributed by atoms with Crippen LogP contribution in [0.25, 0.3) is 0 Å². The molecule has 1 atom stereocenters. The maximum absolute atomic E-state index is 12.9. The number of unbranched alkanes of at least 4 members (excludes halogenated alkanes) is 22. The lowest BCUT2D eigenvalue weighted by atomic mass is 10.1. The van der Waals surface area contributed by atoms with E-state index in [-0.39, 0.29) is 31.1 Å². The van der Waals surface area contributed by atoms with E-state index in [0.29, 0.717) is 19.3 Å². The molecule has 1 unspecified atom stereocenters. The number of hydrogen-bond donors (Lipinski definition) is 0. The van der Waals surface area contributed by atoms with Crippen molar-refractivity contribution in [2.24, 2.45) is 0 Å². The summed E-state index contributed by atoms with van der Waals surface area (Å²) in [5.41, 5.74) is 0. The van der Waals surface area contributed by atoms with Crippen molar-refractivity contribution in [3.63, 3.8) is 0 Å². The molecule has 6 heteroatoms. The second-order valence-corrected chi connectivity index (χ2v) is 19.5. The fraction of sp³-hybridized carbons (Fsp3) is 0.657. The van der Waals surface area contributed by atoms with E-state index in [9.17, 15) is 14.4 Å². The molecule has 0 amide bonds. The van der Waals surface area contributed by atoms with E-state index < -0.39 is 6.10 Å². The molecule has 0 aromatic carbocycles. The highest BCUT2D eigenvalue weighted by Gasteiger charge is 2.19. The third-order valence-corrected chi connectivity index (χ3v) is 12.4. The van der Waals surface area contributed by atoms with E-state index in [1.807, 2.05) is 0 Å². The highest BCUT2D eigenvalue weighted by atomic mass is 16.6. The first-order valence-corrected chi connectivity index (χ1v) is 30.0. The lowest BCUT2D eigenvalue weighted by Gasteiger charge is -2.18. The predicted molar refractivity (Wildman–Crippen MR) is 316 cm³/mol. The Labute approximate surface area is 450 Å². The lowest BCUT2D eigenvalue weighted by Crippen LogP contribution is -2.30. The molecule has 0 heterocycles. The third kappa shape index (κ3) is 58.6. The zero-order chi connectivity index (χ0) is 52.9. The topological polar surface area (TPSA) is 78.9 Å². The zero-order valence-electron chi connectivity index (χ0n) is 47.4. The second-order valence-electron chi connectivity index (χ2n) is 19.5. The molecule has 0 bridgehead atoms. The minimum Gasteiger partial charge on any atom is -0.462 e. The summed E-state index contributed by atoms with van der Waals surface area (Å²) in [6, 6.07) is 0. The SMILES string of the molecule is CC/C=C\C/C=C\C/C=C\C/C=C\C/C=C\CCCCCCCCCC(=O)OCC(COC(=O)CCCCCCC/C=C\C/C=C\CCCCC)OC(=O)CCCCCCCCC/C=C\C/C=C\C/C=C\CC. The smallest absolute Gasteiger partial charge is 0.306 e. The molecule has 0 aliphatic heterocycles. The Hall–Kier alpha value is -4.19. The van der Waals surface area contributed by atoms with Crippen LogP contribution in [0.4, 0.5) is 0 Å². The monoisotopic (exact) mass is 1010 g/mol. The number of ether oxygens (including phenoxy) is 3. The minimum absolute atomic E-state index is 0.0953. The molecule has 6 nitrogen and oxygen atoms in total. The normalized spacial score (nSPS) is 13.0. The van der Waals surface area contributed by atoms with Gasteiger partial charge in [0.05, 0.1) is 0 Å². The van der Waals surface area contributed by atoms with Gasteiger partial charge in [0.25, 0.3) is 0 Å². The van der Waals surface area contributed by atoms with Crippen LogP contribution in [0, 0.1) is 0 Å². The van der Waals surface area contributed by atoms with Crippen molar-refractivity contribution < 1.29 is 28.6 Å². The van der Waals surface area contributed by atoms with Crippen LogP contribution in [0.1, 0.15) is 265 Å². The molecule has 0 radical (unpaired) electrons. The summed E-state index contributed by atoms with van der Waals surface area (Å²) in [5.74, 6) is -0.928. The predicted octanol–water partition coefficient (Wildman–Crippen LogP) is 20.4. The molecule has 0 spiro atoms. The van der Waals surface area contributed by atoms with Crippen molar-refractivity contribution in [1.82, 2.24) is 0 Å². The Balaban J connectivity index is 4.43. The molecule has 73 heavy (non-hydrogen) atoms. The maximum Gasteiger partial charge on any atom is 0.306 e. The Morgan fingerprint density at radius 3 is 0.836 bits per heavy atom. The van der Waals surface area contributed by atoms with Crippen molar-refractivity contribution in [3.05, 3.63) is 122 Å². The summed E-state index contributed by atoms with van der Waals surface area (Å²) in [4.78, 5) is 38.3. The van der Waals surface area contributed by atoms with Gasteiger partial charge in [0.15, 0.2) is 6.10 Å². The summed E-state index contributed by atoms with van der Waals surface area (Å²) >= 11 is 0. The number of allylic oxidation sites excluding steroid dienone is 20. The van der Waals surface area contributed by atoms with Gasteiger partial charge in [-0.15, -0.1) is 0 Å². The first kappa shape index (κ1) is 68.8. The Morgan fingerprint density at radius 2 is 0.534 bits per heavy atom. The van der Waals surface area contributed by atoms with Crippen LogP contribution in [0.3, 0.4) is 0 Å². The van der Waals surface area contributed by atoms with Crippen LogP contribution in [-0.4, -0.2) is 37.2 Å². The van der Waals surface area contributed by atoms with Gasteiger partial charge in [0.1, 0.15) is 13.2 Å². The van der Waals surface area contributed by atoms with Crippen molar-refractivity contribution in [2.75, 3.05) is 13.2 Å². The van der Waals surface area contributed by atoms with Gasteiger partial charge in [-0.05, 0) is 128 Å². The first-order chi connectivity index (χ1) is 36.0. The second kappa shape index (κ2) is 60.4. The van der Waals surface area contributed by atoms with Gasteiger partial charge in [0, 0.05) is 19.3 Å². The van der Waals surface area contributed by atoms with Gasteiger partial charge in [-0.2, -0.15) is 0 Å². The summed E-state index contributed by atoms with van der Waals surface area (Å²) in [6.07, 6.45) is 83.3. The molecule has 0 saturated heterocycles. The molecular weight excluding hydrogens is 901 g/mol. The average molecular weight is 1010 g/mol. The first-order valence-electron chi connectivity index (χ1n) is 30.0. The third-order valence-electron chi connectivity index (χ3n) is 12.4. The van der Waals surface area contributed by atoms with Gasteiger partial charge in [-0.1, -0.05) is 239 Å². The van der Waals surface area contributed by atoms with E-state index >= 15 is 0 Å². The number of esters is 3. The Bertz CT molecular complexity index is 1540. The standard InChI is InChI=1S/C67H110O6/c1-4-7-10-13-16-19-22-25-28-30-31-32-33-34-35-37-39-42-45-48-51-54-57-60-66(69)72-63-64(62-71-65(68)59-56-53-50-47-44-41-38-27-24-21-18-15-12-9-6-3)73-67(70)61-58-55-52-49-46-43-40-36-29-26-23-20-17-14-11-8-5-2/h7-8,10-11,16-21,25-29,31-32,34-35,38,64H,4-6,9,12-15,22-24,30,33,36-37,39-63H2,1-3H3/b10-7-,11-8-,19-16-,20-17-,21-18-,28-25-,29-26-,32-31-,35-34-,38-27-. The van der Waals surface area contributed by atoms with Gasteiger partial charge in [-0.3, -0.25) is 14.4 Å². The largest absolute Gasteiger partial charge is 0.462 e. The van der Waals surface area contributed by atoms with Gasteiger partial charge in [0.2, 0.25) is 0 Å². The van der Waals surface area contributed by atoms with Crippen LogP contribution < -0.4 is 0 Å². The average Bonchev–Trinajstić information content (AvgIpc) is 3.39. The zero-order valence-corrected chi connectivity index (χ0v) is 47.4. The number of hydrogen-bond acceptors (Lipinski definition) is 6. The number of carbonyl (C=O) groups excluding carboxylic acids is 3. The molecule has 0 aromatic rings. The van der Waals surface area contributed by atoms with Crippen LogP contribution >= 0.6 is 0 Å². The minimum atomic E-state index is -0.798. The maximum atomic E-state index is 12.9. The number of rotatable bonds is 53. The van der Waals surface area contributed by atoms with Crippen LogP contribution in [0.5, 0.6) is 0 Å². The summed E-state index contributed by atoms with van der Waals surface area (Å²) in [5, 5.41) is 0.